The smallest absolute Gasteiger partial charge is 0.238 e. The van der Waals surface area contributed by atoms with E-state index in [-0.39, 0.29) is 5.91 Å². The van der Waals surface area contributed by atoms with Crippen molar-refractivity contribution in [3.05, 3.63) is 47.9 Å². The van der Waals surface area contributed by atoms with E-state index < -0.39 is 0 Å². The van der Waals surface area contributed by atoms with Gasteiger partial charge in [0.25, 0.3) is 0 Å². The molecule has 1 saturated heterocycles. The molecule has 0 spiro atoms. The monoisotopic (exact) mass is 355 g/mol. The average Bonchev–Trinajstić information content (AvgIpc) is 2.85. The Hall–Kier alpha value is -2.27. The van der Waals surface area contributed by atoms with Crippen molar-refractivity contribution in [3.63, 3.8) is 0 Å². The number of carbonyl (C=O) groups excluding carboxylic acids is 1. The van der Waals surface area contributed by atoms with Crippen LogP contribution in [0.3, 0.4) is 0 Å². The van der Waals surface area contributed by atoms with Crippen LogP contribution < -0.4 is 10.2 Å². The lowest BCUT2D eigenvalue weighted by Gasteiger charge is -2.23. The van der Waals surface area contributed by atoms with Crippen LogP contribution in [0.2, 0.25) is 0 Å². The molecule has 5 nitrogen and oxygen atoms in total. The van der Waals surface area contributed by atoms with Crippen molar-refractivity contribution in [1.29, 1.82) is 0 Å². The Morgan fingerprint density at radius 1 is 1.08 bits per heavy atom. The summed E-state index contributed by atoms with van der Waals surface area (Å²) in [5.74, 6) is 1.75. The van der Waals surface area contributed by atoms with Gasteiger partial charge in [-0.05, 0) is 63.2 Å². The van der Waals surface area contributed by atoms with Gasteiger partial charge < -0.3 is 14.6 Å². The van der Waals surface area contributed by atoms with Gasteiger partial charge in [0.1, 0.15) is 11.5 Å². The molecule has 5 heteroatoms. The molecule has 0 atom stereocenters. The standard InChI is InChI=1S/C21H29N3O2/c1-17-7-12-20(26-17)15-23(2)16-21(25)22-18-8-10-19(11-9-18)24-13-5-3-4-6-14-24/h7-12H,3-6,13-16H2,1-2H3,(H,22,25). The van der Waals surface area contributed by atoms with Crippen LogP contribution in [0.1, 0.15) is 37.2 Å². The van der Waals surface area contributed by atoms with Crippen LogP contribution in [0.15, 0.2) is 40.8 Å². The van der Waals surface area contributed by atoms with Crippen molar-refractivity contribution in [1.82, 2.24) is 4.90 Å². The topological polar surface area (TPSA) is 48.7 Å². The van der Waals surface area contributed by atoms with E-state index in [1.807, 2.05) is 43.1 Å². The number of furan rings is 1. The molecule has 0 saturated carbocycles. The summed E-state index contributed by atoms with van der Waals surface area (Å²) in [6.45, 7) is 5.12. The molecular weight excluding hydrogens is 326 g/mol. The minimum atomic E-state index is -0.0155. The third-order valence-electron chi connectivity index (χ3n) is 4.76. The van der Waals surface area contributed by atoms with Crippen LogP contribution in [-0.2, 0) is 11.3 Å². The second-order valence-electron chi connectivity index (χ2n) is 7.18. The molecule has 0 unspecified atom stereocenters. The van der Waals surface area contributed by atoms with E-state index in [9.17, 15) is 4.79 Å². The third kappa shape index (κ3) is 5.36. The zero-order chi connectivity index (χ0) is 18.4. The molecule has 1 aliphatic rings. The SMILES string of the molecule is Cc1ccc(CN(C)CC(=O)Nc2ccc(N3CCCCCC3)cc2)o1. The van der Waals surface area contributed by atoms with E-state index in [1.54, 1.807) is 0 Å². The molecule has 1 aromatic heterocycles. The molecule has 1 aromatic carbocycles. The lowest BCUT2D eigenvalue weighted by atomic mass is 10.2. The van der Waals surface area contributed by atoms with Crippen molar-refractivity contribution in [2.24, 2.45) is 0 Å². The van der Waals surface area contributed by atoms with Gasteiger partial charge in [0.2, 0.25) is 5.91 Å². The maximum atomic E-state index is 12.3. The Kier molecular flexibility index (Phi) is 6.34. The number of aryl methyl sites for hydroxylation is 1. The molecule has 26 heavy (non-hydrogen) atoms. The molecule has 0 radical (unpaired) electrons. The Labute approximate surface area is 156 Å². The van der Waals surface area contributed by atoms with Gasteiger partial charge in [-0.1, -0.05) is 12.8 Å². The summed E-state index contributed by atoms with van der Waals surface area (Å²) in [5.41, 5.74) is 2.09. The van der Waals surface area contributed by atoms with Gasteiger partial charge in [-0.2, -0.15) is 0 Å². The molecule has 3 rings (SSSR count). The first-order valence-corrected chi connectivity index (χ1v) is 9.49. The lowest BCUT2D eigenvalue weighted by Crippen LogP contribution is -2.29. The lowest BCUT2D eigenvalue weighted by molar-refractivity contribution is -0.117. The second kappa shape index (κ2) is 8.90. The zero-order valence-electron chi connectivity index (χ0n) is 15.8. The Bertz CT molecular complexity index is 700. The van der Waals surface area contributed by atoms with Gasteiger partial charge >= 0.3 is 0 Å². The van der Waals surface area contributed by atoms with E-state index in [0.29, 0.717) is 13.1 Å². The number of carbonyl (C=O) groups is 1. The largest absolute Gasteiger partial charge is 0.465 e. The molecule has 0 aliphatic carbocycles. The van der Waals surface area contributed by atoms with Gasteiger partial charge in [-0.25, -0.2) is 0 Å². The number of likely N-dealkylation sites (N-methyl/N-ethyl adjacent to an activating group) is 1. The Balaban J connectivity index is 1.49. The third-order valence-corrected chi connectivity index (χ3v) is 4.76. The van der Waals surface area contributed by atoms with Crippen molar-refractivity contribution in [2.45, 2.75) is 39.2 Å². The fourth-order valence-electron chi connectivity index (χ4n) is 3.42. The minimum absolute atomic E-state index is 0.0155. The molecule has 2 aromatic rings. The number of anilines is 2. The quantitative estimate of drug-likeness (QED) is 0.850. The normalized spacial score (nSPS) is 15.1. The summed E-state index contributed by atoms with van der Waals surface area (Å²) < 4.78 is 5.56. The summed E-state index contributed by atoms with van der Waals surface area (Å²) in [7, 11) is 1.92. The van der Waals surface area contributed by atoms with Crippen LogP contribution in [0, 0.1) is 6.92 Å². The predicted octanol–water partition coefficient (Wildman–Crippen LogP) is 4.04. The van der Waals surface area contributed by atoms with Gasteiger partial charge in [0.15, 0.2) is 0 Å². The van der Waals surface area contributed by atoms with Crippen LogP contribution in [0.25, 0.3) is 0 Å². The van der Waals surface area contributed by atoms with E-state index in [4.69, 9.17) is 4.42 Å². The highest BCUT2D eigenvalue weighted by molar-refractivity contribution is 5.92. The maximum absolute atomic E-state index is 12.3. The minimum Gasteiger partial charge on any atom is -0.465 e. The molecule has 1 amide bonds. The fraction of sp³-hybridized carbons (Fsp3) is 0.476. The number of hydrogen-bond acceptors (Lipinski definition) is 4. The molecular formula is C21H29N3O2. The highest BCUT2D eigenvalue weighted by Crippen LogP contribution is 2.21. The molecule has 140 valence electrons. The average molecular weight is 355 g/mol. The van der Waals surface area contributed by atoms with E-state index >= 15 is 0 Å². The Morgan fingerprint density at radius 3 is 2.38 bits per heavy atom. The number of hydrogen-bond donors (Lipinski definition) is 1. The first kappa shape index (κ1) is 18.5. The summed E-state index contributed by atoms with van der Waals surface area (Å²) in [5, 5.41) is 2.98. The summed E-state index contributed by atoms with van der Waals surface area (Å²) in [6, 6.07) is 12.1. The van der Waals surface area contributed by atoms with E-state index in [2.05, 4.69) is 22.3 Å². The number of rotatable bonds is 6. The highest BCUT2D eigenvalue weighted by Gasteiger charge is 2.11. The van der Waals surface area contributed by atoms with Crippen molar-refractivity contribution >= 4 is 17.3 Å². The van der Waals surface area contributed by atoms with Crippen LogP contribution in [0.5, 0.6) is 0 Å². The van der Waals surface area contributed by atoms with Crippen molar-refractivity contribution in [2.75, 3.05) is 36.9 Å². The molecule has 1 fully saturated rings. The van der Waals surface area contributed by atoms with E-state index in [0.717, 1.165) is 30.3 Å². The van der Waals surface area contributed by atoms with Gasteiger partial charge in [-0.3, -0.25) is 9.69 Å². The highest BCUT2D eigenvalue weighted by atomic mass is 16.3. The summed E-state index contributed by atoms with van der Waals surface area (Å²) in [4.78, 5) is 16.6. The fourth-order valence-corrected chi connectivity index (χ4v) is 3.42. The molecule has 2 heterocycles. The van der Waals surface area contributed by atoms with Crippen molar-refractivity contribution < 1.29 is 9.21 Å². The number of benzene rings is 1. The second-order valence-corrected chi connectivity index (χ2v) is 7.18. The Morgan fingerprint density at radius 2 is 1.77 bits per heavy atom. The predicted molar refractivity (Wildman–Crippen MR) is 106 cm³/mol. The van der Waals surface area contributed by atoms with Crippen LogP contribution >= 0.6 is 0 Å². The number of amides is 1. The molecule has 1 N–H and O–H groups in total. The van der Waals surface area contributed by atoms with Crippen molar-refractivity contribution in [3.8, 4) is 0 Å². The maximum Gasteiger partial charge on any atom is 0.238 e. The molecule has 1 aliphatic heterocycles. The number of nitrogens with zero attached hydrogens (tertiary/aromatic N) is 2. The van der Waals surface area contributed by atoms with E-state index in [1.165, 1.54) is 31.4 Å². The first-order valence-electron chi connectivity index (χ1n) is 9.49. The van der Waals surface area contributed by atoms with Crippen LogP contribution in [0.4, 0.5) is 11.4 Å². The summed E-state index contributed by atoms with van der Waals surface area (Å²) in [6.07, 6.45) is 5.19. The first-order chi connectivity index (χ1) is 12.6. The summed E-state index contributed by atoms with van der Waals surface area (Å²) >= 11 is 0. The van der Waals surface area contributed by atoms with Gasteiger partial charge in [-0.15, -0.1) is 0 Å². The van der Waals surface area contributed by atoms with Gasteiger partial charge in [0.05, 0.1) is 13.1 Å². The van der Waals surface area contributed by atoms with Crippen LogP contribution in [-0.4, -0.2) is 37.5 Å². The number of nitrogens with one attached hydrogen (secondary N) is 1. The van der Waals surface area contributed by atoms with Gasteiger partial charge in [0, 0.05) is 24.5 Å². The zero-order valence-corrected chi connectivity index (χ0v) is 15.8. The molecule has 0 bridgehead atoms.